The van der Waals surface area contributed by atoms with Crippen LogP contribution in [0.25, 0.3) is 5.57 Å². The highest BCUT2D eigenvalue weighted by Gasteiger charge is 2.10. The van der Waals surface area contributed by atoms with Gasteiger partial charge in [-0.2, -0.15) is 0 Å². The molecule has 0 heteroatoms. The van der Waals surface area contributed by atoms with Crippen LogP contribution in [-0.4, -0.2) is 0 Å². The lowest BCUT2D eigenvalue weighted by atomic mass is 9.90. The highest BCUT2D eigenvalue weighted by Crippen LogP contribution is 2.27. The SMILES string of the molecule is C(=CC(c1ccccc1)c1ccccc1)C=C(c1ccccc1)c1ccccc1. The molecule has 0 aliphatic heterocycles. The van der Waals surface area contributed by atoms with Gasteiger partial charge < -0.3 is 0 Å². The summed E-state index contributed by atoms with van der Waals surface area (Å²) in [6.07, 6.45) is 6.71. The molecule has 0 amide bonds. The second-order valence-electron chi connectivity index (χ2n) is 7.00. The van der Waals surface area contributed by atoms with Gasteiger partial charge in [-0.15, -0.1) is 0 Å². The summed E-state index contributed by atoms with van der Waals surface area (Å²) >= 11 is 0. The molecule has 0 N–H and O–H groups in total. The van der Waals surface area contributed by atoms with Gasteiger partial charge in [0, 0.05) is 5.92 Å². The predicted octanol–water partition coefficient (Wildman–Crippen LogP) is 7.51. The second kappa shape index (κ2) is 9.52. The fraction of sp³-hybridized carbons (Fsp3) is 0.0345. The van der Waals surface area contributed by atoms with Gasteiger partial charge >= 0.3 is 0 Å². The van der Waals surface area contributed by atoms with Gasteiger partial charge in [0.25, 0.3) is 0 Å². The van der Waals surface area contributed by atoms with Crippen molar-refractivity contribution in [2.75, 3.05) is 0 Å². The van der Waals surface area contributed by atoms with Crippen LogP contribution in [0.3, 0.4) is 0 Å². The molecule has 29 heavy (non-hydrogen) atoms. The van der Waals surface area contributed by atoms with Crippen molar-refractivity contribution in [3.05, 3.63) is 162 Å². The van der Waals surface area contributed by atoms with Gasteiger partial charge in [-0.05, 0) is 27.8 Å². The third-order valence-corrected chi connectivity index (χ3v) is 5.05. The van der Waals surface area contributed by atoms with E-state index in [0.29, 0.717) is 0 Å². The van der Waals surface area contributed by atoms with Crippen molar-refractivity contribution in [2.45, 2.75) is 5.92 Å². The molecule has 0 spiro atoms. The van der Waals surface area contributed by atoms with E-state index in [1.807, 2.05) is 0 Å². The fourth-order valence-electron chi connectivity index (χ4n) is 3.59. The van der Waals surface area contributed by atoms with Crippen LogP contribution < -0.4 is 0 Å². The molecule has 0 fully saturated rings. The van der Waals surface area contributed by atoms with Crippen LogP contribution in [-0.2, 0) is 0 Å². The number of hydrogen-bond acceptors (Lipinski definition) is 0. The van der Waals surface area contributed by atoms with Crippen molar-refractivity contribution in [1.82, 2.24) is 0 Å². The molecule has 0 saturated heterocycles. The highest BCUT2D eigenvalue weighted by atomic mass is 14.1. The average Bonchev–Trinajstić information content (AvgIpc) is 2.81. The molecule has 4 aromatic carbocycles. The Labute approximate surface area is 173 Å². The van der Waals surface area contributed by atoms with E-state index in [4.69, 9.17) is 0 Å². The molecular weight excluding hydrogens is 348 g/mol. The maximum atomic E-state index is 2.29. The summed E-state index contributed by atoms with van der Waals surface area (Å²) in [6.45, 7) is 0. The topological polar surface area (TPSA) is 0 Å². The fourth-order valence-corrected chi connectivity index (χ4v) is 3.59. The average molecular weight is 373 g/mol. The molecule has 0 aromatic heterocycles. The highest BCUT2D eigenvalue weighted by molar-refractivity contribution is 5.80. The van der Waals surface area contributed by atoms with Crippen LogP contribution in [0.15, 0.2) is 140 Å². The lowest BCUT2D eigenvalue weighted by molar-refractivity contribution is 1.03. The van der Waals surface area contributed by atoms with Crippen LogP contribution >= 0.6 is 0 Å². The molecule has 4 aromatic rings. The van der Waals surface area contributed by atoms with E-state index >= 15 is 0 Å². The largest absolute Gasteiger partial charge is 0.0726 e. The summed E-state index contributed by atoms with van der Waals surface area (Å²) in [5, 5.41) is 0. The zero-order chi connectivity index (χ0) is 19.7. The van der Waals surface area contributed by atoms with Gasteiger partial charge in [0.05, 0.1) is 0 Å². The van der Waals surface area contributed by atoms with Gasteiger partial charge in [0.15, 0.2) is 0 Å². The first-order chi connectivity index (χ1) is 14.4. The Kier molecular flexibility index (Phi) is 6.14. The minimum Gasteiger partial charge on any atom is -0.0726 e. The first kappa shape index (κ1) is 18.7. The summed E-state index contributed by atoms with van der Waals surface area (Å²) in [6, 6.07) is 42.5. The molecule has 0 aliphatic carbocycles. The summed E-state index contributed by atoms with van der Waals surface area (Å²) in [7, 11) is 0. The van der Waals surface area contributed by atoms with E-state index in [9.17, 15) is 0 Å². The maximum absolute atomic E-state index is 2.29. The van der Waals surface area contributed by atoms with Crippen molar-refractivity contribution in [1.29, 1.82) is 0 Å². The Morgan fingerprint density at radius 3 is 1.28 bits per heavy atom. The second-order valence-corrected chi connectivity index (χ2v) is 7.00. The summed E-state index contributed by atoms with van der Waals surface area (Å²) in [4.78, 5) is 0. The maximum Gasteiger partial charge on any atom is 0.0272 e. The lowest BCUT2D eigenvalue weighted by Crippen LogP contribution is -1.97. The van der Waals surface area contributed by atoms with Crippen LogP contribution in [0, 0.1) is 0 Å². The van der Waals surface area contributed by atoms with Crippen molar-refractivity contribution in [2.24, 2.45) is 0 Å². The molecule has 0 nitrogen and oxygen atoms in total. The molecule has 0 aliphatic rings. The van der Waals surface area contributed by atoms with Crippen molar-refractivity contribution in [3.63, 3.8) is 0 Å². The third-order valence-electron chi connectivity index (χ3n) is 5.05. The Morgan fingerprint density at radius 2 is 0.862 bits per heavy atom. The van der Waals surface area contributed by atoms with Gasteiger partial charge in [-0.1, -0.05) is 140 Å². The van der Waals surface area contributed by atoms with Crippen LogP contribution in [0.4, 0.5) is 0 Å². The first-order valence-electron chi connectivity index (χ1n) is 10.0. The Bertz CT molecular complexity index is 979. The number of allylic oxidation sites excluding steroid dienone is 3. The van der Waals surface area contributed by atoms with E-state index in [0.717, 1.165) is 0 Å². The van der Waals surface area contributed by atoms with Gasteiger partial charge in [-0.25, -0.2) is 0 Å². The minimum absolute atomic E-state index is 0.224. The van der Waals surface area contributed by atoms with Crippen molar-refractivity contribution < 1.29 is 0 Å². The Morgan fingerprint density at radius 1 is 0.483 bits per heavy atom. The number of rotatable bonds is 6. The zero-order valence-electron chi connectivity index (χ0n) is 16.4. The van der Waals surface area contributed by atoms with Crippen molar-refractivity contribution >= 4 is 5.57 Å². The monoisotopic (exact) mass is 372 g/mol. The first-order valence-corrected chi connectivity index (χ1v) is 10.0. The molecule has 0 bridgehead atoms. The Balaban J connectivity index is 1.72. The van der Waals surface area contributed by atoms with Crippen LogP contribution in [0.1, 0.15) is 28.2 Å². The standard InChI is InChI=1S/C29H24/c1-5-14-24(15-6-1)28(25-16-7-2-8-17-25)22-13-23-29(26-18-9-3-10-19-26)27-20-11-4-12-21-27/h1-23,28H. The van der Waals surface area contributed by atoms with E-state index in [1.165, 1.54) is 27.8 Å². The number of benzene rings is 4. The molecule has 0 saturated carbocycles. The summed E-state index contributed by atoms with van der Waals surface area (Å²) < 4.78 is 0. The molecule has 0 atom stereocenters. The number of hydrogen-bond donors (Lipinski definition) is 0. The smallest absolute Gasteiger partial charge is 0.0272 e. The summed E-state index contributed by atoms with van der Waals surface area (Å²) in [5.41, 5.74) is 6.26. The molecule has 0 unspecified atom stereocenters. The van der Waals surface area contributed by atoms with Gasteiger partial charge in [0.2, 0.25) is 0 Å². The van der Waals surface area contributed by atoms with Gasteiger partial charge in [-0.3, -0.25) is 0 Å². The van der Waals surface area contributed by atoms with Crippen molar-refractivity contribution in [3.8, 4) is 0 Å². The molecule has 140 valence electrons. The normalized spacial score (nSPS) is 10.9. The molecule has 0 radical (unpaired) electrons. The molecular formula is C29H24. The van der Waals surface area contributed by atoms with E-state index in [2.05, 4.69) is 140 Å². The van der Waals surface area contributed by atoms with Crippen LogP contribution in [0.2, 0.25) is 0 Å². The van der Waals surface area contributed by atoms with E-state index in [-0.39, 0.29) is 5.92 Å². The molecule has 4 rings (SSSR count). The summed E-state index contributed by atoms with van der Waals surface area (Å²) in [5.74, 6) is 0.224. The molecule has 0 heterocycles. The van der Waals surface area contributed by atoms with E-state index in [1.54, 1.807) is 0 Å². The van der Waals surface area contributed by atoms with Crippen LogP contribution in [0.5, 0.6) is 0 Å². The van der Waals surface area contributed by atoms with E-state index < -0.39 is 0 Å². The minimum atomic E-state index is 0.224. The van der Waals surface area contributed by atoms with Gasteiger partial charge in [0.1, 0.15) is 0 Å². The lowest BCUT2D eigenvalue weighted by Gasteiger charge is -2.14. The Hall–Kier alpha value is -3.64. The quantitative estimate of drug-likeness (QED) is 0.307. The predicted molar refractivity (Wildman–Crippen MR) is 124 cm³/mol. The third kappa shape index (κ3) is 4.80. The zero-order valence-corrected chi connectivity index (χ0v) is 16.4.